The van der Waals surface area contributed by atoms with E-state index in [1.807, 2.05) is 0 Å². The van der Waals surface area contributed by atoms with Crippen molar-refractivity contribution in [3.05, 3.63) is 29.3 Å². The minimum Gasteiger partial charge on any atom is -0.370 e. The summed E-state index contributed by atoms with van der Waals surface area (Å²) in [5, 5.41) is 1.31. The molecule has 2 rings (SSSR count). The van der Waals surface area contributed by atoms with Crippen LogP contribution in [0.5, 0.6) is 0 Å². The highest BCUT2D eigenvalue weighted by molar-refractivity contribution is 7.89. The van der Waals surface area contributed by atoms with E-state index in [-0.39, 0.29) is 4.90 Å². The van der Waals surface area contributed by atoms with Crippen LogP contribution < -0.4 is 9.84 Å². The molecule has 1 saturated heterocycles. The molecule has 1 fully saturated rings. The van der Waals surface area contributed by atoms with Gasteiger partial charge in [0.25, 0.3) is 10.0 Å². The number of rotatable bonds is 3. The van der Waals surface area contributed by atoms with E-state index in [1.54, 1.807) is 12.1 Å². The van der Waals surface area contributed by atoms with Crippen LogP contribution in [0, 0.1) is 0 Å². The largest absolute Gasteiger partial charge is 0.370 e. The van der Waals surface area contributed by atoms with Gasteiger partial charge in [0.15, 0.2) is 0 Å². The van der Waals surface area contributed by atoms with Crippen molar-refractivity contribution in [2.75, 3.05) is 26.3 Å². The molecule has 5 nitrogen and oxygen atoms in total. The molecule has 94 valence electrons. The Balaban J connectivity index is 2.10. The summed E-state index contributed by atoms with van der Waals surface area (Å²) in [5.41, 5.74) is 0. The van der Waals surface area contributed by atoms with Crippen LogP contribution in [0.4, 0.5) is 0 Å². The van der Waals surface area contributed by atoms with E-state index in [0.717, 1.165) is 5.01 Å². The number of sulfonamides is 1. The van der Waals surface area contributed by atoms with Gasteiger partial charge >= 0.3 is 0 Å². The molecular weight excluding hydrogens is 264 g/mol. The van der Waals surface area contributed by atoms with E-state index in [0.29, 0.717) is 31.3 Å². The van der Waals surface area contributed by atoms with E-state index < -0.39 is 10.0 Å². The van der Waals surface area contributed by atoms with Gasteiger partial charge in [-0.25, -0.2) is 13.4 Å². The Bertz CT molecular complexity index is 469. The topological polar surface area (TPSA) is 59.8 Å². The van der Waals surface area contributed by atoms with Gasteiger partial charge in [0, 0.05) is 5.02 Å². The van der Waals surface area contributed by atoms with E-state index in [9.17, 15) is 8.42 Å². The fourth-order valence-corrected chi connectivity index (χ4v) is 2.90. The van der Waals surface area contributed by atoms with E-state index in [4.69, 9.17) is 16.3 Å². The molecule has 0 atom stereocenters. The van der Waals surface area contributed by atoms with E-state index >= 15 is 0 Å². The van der Waals surface area contributed by atoms with Gasteiger partial charge in [0.05, 0.1) is 18.1 Å². The monoisotopic (exact) mass is 277 g/mol. The first-order chi connectivity index (χ1) is 8.08. The van der Waals surface area contributed by atoms with Crippen molar-refractivity contribution < 1.29 is 18.2 Å². The van der Waals surface area contributed by atoms with E-state index in [2.05, 4.69) is 4.83 Å². The highest BCUT2D eigenvalue weighted by Crippen LogP contribution is 2.12. The Hall–Kier alpha value is -0.660. The maximum absolute atomic E-state index is 12.0. The molecule has 0 bridgehead atoms. The minimum absolute atomic E-state index is 0.223. The first kappa shape index (κ1) is 12.8. The molecule has 0 radical (unpaired) electrons. The summed E-state index contributed by atoms with van der Waals surface area (Å²) in [6.45, 7) is 2.40. The summed E-state index contributed by atoms with van der Waals surface area (Å²) in [6, 6.07) is 6.10. The van der Waals surface area contributed by atoms with Gasteiger partial charge in [-0.15, -0.1) is 0 Å². The number of hydrogen-bond acceptors (Lipinski definition) is 3. The normalized spacial score (nSPS) is 18.2. The zero-order valence-electron chi connectivity index (χ0n) is 9.15. The fourth-order valence-electron chi connectivity index (χ4n) is 1.58. The van der Waals surface area contributed by atoms with Crippen LogP contribution in [0.25, 0.3) is 0 Å². The summed E-state index contributed by atoms with van der Waals surface area (Å²) in [7, 11) is -3.48. The second kappa shape index (κ2) is 5.32. The Labute approximate surface area is 105 Å². The molecule has 1 aromatic carbocycles. The lowest BCUT2D eigenvalue weighted by Gasteiger charge is -2.23. The third-order valence-corrected chi connectivity index (χ3v) is 4.20. The van der Waals surface area contributed by atoms with Crippen LogP contribution in [0.2, 0.25) is 5.02 Å². The molecule has 2 N–H and O–H groups in total. The molecule has 0 aliphatic carbocycles. The third kappa shape index (κ3) is 3.40. The molecule has 1 aliphatic heterocycles. The number of nitrogens with one attached hydrogen (secondary N) is 2. The zero-order valence-corrected chi connectivity index (χ0v) is 10.7. The highest BCUT2D eigenvalue weighted by Gasteiger charge is 2.23. The summed E-state index contributed by atoms with van der Waals surface area (Å²) >= 11 is 5.72. The molecule has 0 saturated carbocycles. The predicted octanol–water partition coefficient (Wildman–Crippen LogP) is -0.552. The summed E-state index contributed by atoms with van der Waals surface area (Å²) in [5.74, 6) is 0. The quantitative estimate of drug-likeness (QED) is 0.779. The first-order valence-corrected chi connectivity index (χ1v) is 7.15. The van der Waals surface area contributed by atoms with Gasteiger partial charge in [0.1, 0.15) is 13.1 Å². The highest BCUT2D eigenvalue weighted by atomic mass is 35.5. The Morgan fingerprint density at radius 1 is 1.18 bits per heavy atom. The van der Waals surface area contributed by atoms with Crippen molar-refractivity contribution in [2.24, 2.45) is 0 Å². The summed E-state index contributed by atoms with van der Waals surface area (Å²) < 4.78 is 29.2. The molecule has 7 heteroatoms. The van der Waals surface area contributed by atoms with Crippen LogP contribution in [-0.2, 0) is 14.8 Å². The molecular formula is C10H14ClN2O3S+. The second-order valence-corrected chi connectivity index (χ2v) is 5.89. The van der Waals surface area contributed by atoms with Crippen LogP contribution in [-0.4, -0.2) is 34.7 Å². The third-order valence-electron chi connectivity index (χ3n) is 2.50. The minimum atomic E-state index is -3.48. The average Bonchev–Trinajstić information content (AvgIpc) is 2.30. The van der Waals surface area contributed by atoms with Gasteiger partial charge in [-0.3, -0.25) is 0 Å². The van der Waals surface area contributed by atoms with Gasteiger partial charge in [-0.2, -0.15) is 0 Å². The summed E-state index contributed by atoms with van der Waals surface area (Å²) in [4.78, 5) is 2.82. The lowest BCUT2D eigenvalue weighted by atomic mass is 10.4. The van der Waals surface area contributed by atoms with Crippen molar-refractivity contribution in [1.29, 1.82) is 0 Å². The molecule has 0 aromatic heterocycles. The molecule has 0 unspecified atom stereocenters. The Morgan fingerprint density at radius 3 is 2.35 bits per heavy atom. The van der Waals surface area contributed by atoms with Crippen LogP contribution in [0.1, 0.15) is 0 Å². The molecule has 1 aromatic rings. The maximum atomic E-state index is 12.0. The number of quaternary nitrogens is 1. The number of morpholine rings is 1. The predicted molar refractivity (Wildman–Crippen MR) is 63.3 cm³/mol. The van der Waals surface area contributed by atoms with Crippen molar-refractivity contribution >= 4 is 21.6 Å². The van der Waals surface area contributed by atoms with Crippen LogP contribution in [0.3, 0.4) is 0 Å². The lowest BCUT2D eigenvalue weighted by molar-refractivity contribution is -0.938. The molecule has 17 heavy (non-hydrogen) atoms. The fraction of sp³-hybridized carbons (Fsp3) is 0.400. The molecule has 0 amide bonds. The summed E-state index contributed by atoms with van der Waals surface area (Å²) in [6.07, 6.45) is 0. The standard InChI is InChI=1S/C10H13ClN2O3S/c11-9-1-3-10(4-2-9)17(14,15)12-13-5-7-16-8-6-13/h1-4,12H,5-8H2/p+1. The van der Waals surface area contributed by atoms with Gasteiger partial charge in [0.2, 0.25) is 0 Å². The van der Waals surface area contributed by atoms with Crippen LogP contribution in [0.15, 0.2) is 29.2 Å². The smallest absolute Gasteiger partial charge is 0.282 e. The zero-order chi connectivity index (χ0) is 12.3. The van der Waals surface area contributed by atoms with E-state index in [1.165, 1.54) is 12.1 Å². The number of halogens is 1. The molecule has 1 heterocycles. The SMILES string of the molecule is O=S(=O)(N[NH+]1CCOCC1)c1ccc(Cl)cc1. The first-order valence-electron chi connectivity index (χ1n) is 5.29. The van der Waals surface area contributed by atoms with Crippen LogP contribution >= 0.6 is 11.6 Å². The maximum Gasteiger partial charge on any atom is 0.282 e. The van der Waals surface area contributed by atoms with Gasteiger partial charge in [-0.05, 0) is 24.3 Å². The second-order valence-electron chi connectivity index (χ2n) is 3.78. The number of hydrogen-bond donors (Lipinski definition) is 2. The number of ether oxygens (including phenoxy) is 1. The van der Waals surface area contributed by atoms with Crippen molar-refractivity contribution in [1.82, 2.24) is 4.83 Å². The average molecular weight is 278 g/mol. The van der Waals surface area contributed by atoms with Crippen molar-refractivity contribution in [2.45, 2.75) is 4.90 Å². The van der Waals surface area contributed by atoms with Crippen molar-refractivity contribution in [3.8, 4) is 0 Å². The Morgan fingerprint density at radius 2 is 1.76 bits per heavy atom. The molecule has 1 aliphatic rings. The lowest BCUT2D eigenvalue weighted by Crippen LogP contribution is -3.20. The van der Waals surface area contributed by atoms with Gasteiger partial charge in [-0.1, -0.05) is 16.4 Å². The number of benzene rings is 1. The Kier molecular flexibility index (Phi) is 4.01. The molecule has 0 spiro atoms. The van der Waals surface area contributed by atoms with Crippen molar-refractivity contribution in [3.63, 3.8) is 0 Å². The van der Waals surface area contributed by atoms with Gasteiger partial charge < -0.3 is 4.74 Å².